The third kappa shape index (κ3) is 12.2. The lowest BCUT2D eigenvalue weighted by molar-refractivity contribution is 0.536. The highest BCUT2D eigenvalue weighted by atomic mass is 14.1. The summed E-state index contributed by atoms with van der Waals surface area (Å²) in [5.74, 6) is 0.771. The molecule has 0 spiro atoms. The molecule has 0 aromatic rings. The van der Waals surface area contributed by atoms with E-state index in [1.54, 1.807) is 5.57 Å². The fourth-order valence-electron chi connectivity index (χ4n) is 2.67. The van der Waals surface area contributed by atoms with Crippen LogP contribution in [0.3, 0.4) is 0 Å². The molecule has 0 aromatic heterocycles. The highest BCUT2D eigenvalue weighted by Gasteiger charge is 2.03. The van der Waals surface area contributed by atoms with E-state index >= 15 is 0 Å². The average Bonchev–Trinajstić information content (AvgIpc) is 2.59. The normalized spacial score (nSPS) is 15.7. The Morgan fingerprint density at radius 2 is 1.75 bits per heavy atom. The first-order valence-electron chi connectivity index (χ1n) is 9.83. The molecule has 24 heavy (non-hydrogen) atoms. The summed E-state index contributed by atoms with van der Waals surface area (Å²) in [7, 11) is 0. The van der Waals surface area contributed by atoms with Crippen molar-refractivity contribution in [1.29, 1.82) is 0 Å². The Morgan fingerprint density at radius 3 is 2.33 bits per heavy atom. The van der Waals surface area contributed by atoms with E-state index in [1.165, 1.54) is 30.4 Å². The van der Waals surface area contributed by atoms with Crippen molar-refractivity contribution in [2.24, 2.45) is 5.92 Å². The van der Waals surface area contributed by atoms with Gasteiger partial charge in [0.15, 0.2) is 0 Å². The zero-order valence-electron chi connectivity index (χ0n) is 17.1. The lowest BCUT2D eigenvalue weighted by Gasteiger charge is -2.11. The fourth-order valence-corrected chi connectivity index (χ4v) is 2.67. The minimum atomic E-state index is 0.771. The molecule has 136 valence electrons. The van der Waals surface area contributed by atoms with Crippen LogP contribution in [0.15, 0.2) is 59.3 Å². The first-order valence-corrected chi connectivity index (χ1v) is 9.83. The quantitative estimate of drug-likeness (QED) is 0.249. The topological polar surface area (TPSA) is 0 Å². The molecule has 0 saturated carbocycles. The summed E-state index contributed by atoms with van der Waals surface area (Å²) in [5.41, 5.74) is 4.49. The van der Waals surface area contributed by atoms with Gasteiger partial charge in [0.05, 0.1) is 0 Å². The number of rotatable bonds is 12. The molecule has 0 heteroatoms. The first kappa shape index (κ1) is 22.7. The Bertz CT molecular complexity index is 454. The molecule has 0 fully saturated rings. The molecule has 0 heterocycles. The molecule has 0 bridgehead atoms. The molecule has 0 saturated heterocycles. The van der Waals surface area contributed by atoms with Gasteiger partial charge in [0.2, 0.25) is 0 Å². The highest BCUT2D eigenvalue weighted by molar-refractivity contribution is 5.24. The molecule has 1 unspecified atom stereocenters. The van der Waals surface area contributed by atoms with E-state index in [0.29, 0.717) is 0 Å². The smallest absolute Gasteiger partial charge is 0.0136 e. The van der Waals surface area contributed by atoms with Crippen LogP contribution in [-0.4, -0.2) is 0 Å². The molecule has 0 aliphatic carbocycles. The molecule has 0 aliphatic rings. The highest BCUT2D eigenvalue weighted by Crippen LogP contribution is 2.20. The van der Waals surface area contributed by atoms with Crippen LogP contribution in [0.25, 0.3) is 0 Å². The van der Waals surface area contributed by atoms with Crippen molar-refractivity contribution >= 4 is 0 Å². The summed E-state index contributed by atoms with van der Waals surface area (Å²) in [6, 6.07) is 0. The molecule has 0 nitrogen and oxygen atoms in total. The van der Waals surface area contributed by atoms with Gasteiger partial charge in [0, 0.05) is 0 Å². The second-order valence-electron chi connectivity index (χ2n) is 6.81. The van der Waals surface area contributed by atoms with Crippen LogP contribution in [0.5, 0.6) is 0 Å². The van der Waals surface area contributed by atoms with Crippen molar-refractivity contribution in [2.75, 3.05) is 0 Å². The van der Waals surface area contributed by atoms with Crippen molar-refractivity contribution < 1.29 is 0 Å². The van der Waals surface area contributed by atoms with Crippen LogP contribution in [0.2, 0.25) is 0 Å². The zero-order chi connectivity index (χ0) is 18.2. The lowest BCUT2D eigenvalue weighted by atomic mass is 9.95. The van der Waals surface area contributed by atoms with Gasteiger partial charge < -0.3 is 0 Å². The maximum absolute atomic E-state index is 2.46. The Kier molecular flexibility index (Phi) is 14.4. The third-order valence-electron chi connectivity index (χ3n) is 4.44. The molecule has 0 aromatic carbocycles. The standard InChI is InChI=1S/C24H40/c1-7-11-13-14-21(5)16-18-24(15-12-8-2)19-17-22(6)20-23(9-3)10-4/h8-9,11-13,19-21H,7,10,14-18H2,1-6H3/b12-8-,13-11-,22-20+,23-9-,24-19+. The van der Waals surface area contributed by atoms with E-state index in [-0.39, 0.29) is 0 Å². The van der Waals surface area contributed by atoms with Gasteiger partial charge in [-0.15, -0.1) is 0 Å². The van der Waals surface area contributed by atoms with Gasteiger partial charge in [-0.05, 0) is 71.6 Å². The van der Waals surface area contributed by atoms with E-state index in [4.69, 9.17) is 0 Å². The molecular weight excluding hydrogens is 288 g/mol. The number of allylic oxidation sites excluding steroid dienone is 10. The SMILES string of the molecule is C/C=C\C/C(=C\C/C(C)=C/C(=C\C)CC)CCC(C)C/C=C\CC. The largest absolute Gasteiger partial charge is 0.0913 e. The molecular formula is C24H40. The molecule has 1 atom stereocenters. The van der Waals surface area contributed by atoms with Crippen molar-refractivity contribution in [3.8, 4) is 0 Å². The van der Waals surface area contributed by atoms with Gasteiger partial charge in [-0.3, -0.25) is 0 Å². The predicted octanol–water partition coefficient (Wildman–Crippen LogP) is 8.34. The molecule has 0 amide bonds. The Balaban J connectivity index is 4.66. The minimum Gasteiger partial charge on any atom is -0.0913 e. The number of hydrogen-bond donors (Lipinski definition) is 0. The lowest BCUT2D eigenvalue weighted by Crippen LogP contribution is -1.95. The van der Waals surface area contributed by atoms with Crippen LogP contribution in [-0.2, 0) is 0 Å². The van der Waals surface area contributed by atoms with Gasteiger partial charge >= 0.3 is 0 Å². The number of hydrogen-bond acceptors (Lipinski definition) is 0. The maximum Gasteiger partial charge on any atom is -0.0136 e. The van der Waals surface area contributed by atoms with Gasteiger partial charge in [-0.2, -0.15) is 0 Å². The second kappa shape index (κ2) is 15.2. The van der Waals surface area contributed by atoms with Gasteiger partial charge in [-0.1, -0.05) is 80.0 Å². The Hall–Kier alpha value is -1.30. The van der Waals surface area contributed by atoms with Crippen molar-refractivity contribution in [1.82, 2.24) is 0 Å². The van der Waals surface area contributed by atoms with Crippen LogP contribution >= 0.6 is 0 Å². The van der Waals surface area contributed by atoms with Crippen LogP contribution in [0.1, 0.15) is 86.5 Å². The van der Waals surface area contributed by atoms with Crippen LogP contribution in [0.4, 0.5) is 0 Å². The zero-order valence-corrected chi connectivity index (χ0v) is 17.1. The molecule has 0 rings (SSSR count). The summed E-state index contributed by atoms with van der Waals surface area (Å²) in [5, 5.41) is 0. The summed E-state index contributed by atoms with van der Waals surface area (Å²) >= 11 is 0. The molecule has 0 aliphatic heterocycles. The van der Waals surface area contributed by atoms with Crippen LogP contribution in [0, 0.1) is 5.92 Å². The Labute approximate surface area is 152 Å². The van der Waals surface area contributed by atoms with Crippen molar-refractivity contribution in [3.05, 3.63) is 59.3 Å². The Morgan fingerprint density at radius 1 is 1.00 bits per heavy atom. The van der Waals surface area contributed by atoms with Crippen molar-refractivity contribution in [2.45, 2.75) is 86.5 Å². The van der Waals surface area contributed by atoms with E-state index in [0.717, 1.165) is 31.6 Å². The summed E-state index contributed by atoms with van der Waals surface area (Å²) in [4.78, 5) is 0. The monoisotopic (exact) mass is 328 g/mol. The van der Waals surface area contributed by atoms with Gasteiger partial charge in [0.1, 0.15) is 0 Å². The van der Waals surface area contributed by atoms with E-state index in [9.17, 15) is 0 Å². The second-order valence-corrected chi connectivity index (χ2v) is 6.81. The third-order valence-corrected chi connectivity index (χ3v) is 4.44. The van der Waals surface area contributed by atoms with Crippen LogP contribution < -0.4 is 0 Å². The first-order chi connectivity index (χ1) is 11.6. The van der Waals surface area contributed by atoms with Gasteiger partial charge in [0.25, 0.3) is 0 Å². The minimum absolute atomic E-state index is 0.771. The van der Waals surface area contributed by atoms with Crippen molar-refractivity contribution in [3.63, 3.8) is 0 Å². The predicted molar refractivity (Wildman–Crippen MR) is 112 cm³/mol. The van der Waals surface area contributed by atoms with E-state index < -0.39 is 0 Å². The van der Waals surface area contributed by atoms with E-state index in [2.05, 4.69) is 84.1 Å². The maximum atomic E-state index is 2.46. The molecule has 0 radical (unpaired) electrons. The molecule has 0 N–H and O–H groups in total. The summed E-state index contributed by atoms with van der Waals surface area (Å²) in [6.07, 6.45) is 24.3. The van der Waals surface area contributed by atoms with Gasteiger partial charge in [-0.25, -0.2) is 0 Å². The summed E-state index contributed by atoms with van der Waals surface area (Å²) in [6.45, 7) is 13.3. The van der Waals surface area contributed by atoms with E-state index in [1.807, 2.05) is 0 Å². The average molecular weight is 329 g/mol. The fraction of sp³-hybridized carbons (Fsp3) is 0.583. The summed E-state index contributed by atoms with van der Waals surface area (Å²) < 4.78 is 0.